The molecule has 0 bridgehead atoms. The highest BCUT2D eigenvalue weighted by atomic mass is 16.2. The summed E-state index contributed by atoms with van der Waals surface area (Å²) in [5.41, 5.74) is 3.23. The van der Waals surface area contributed by atoms with Crippen LogP contribution in [0.5, 0.6) is 0 Å². The van der Waals surface area contributed by atoms with E-state index in [2.05, 4.69) is 38.1 Å². The maximum Gasteiger partial charge on any atom is 0.253 e. The molecule has 2 aromatic carbocycles. The second kappa shape index (κ2) is 8.85. The zero-order valence-electron chi connectivity index (χ0n) is 16.2. The topological polar surface area (TPSA) is 40.6 Å². The van der Waals surface area contributed by atoms with Gasteiger partial charge in [-0.15, -0.1) is 0 Å². The first-order valence-corrected chi connectivity index (χ1v) is 9.75. The van der Waals surface area contributed by atoms with Crippen LogP contribution in [0.4, 0.5) is 0 Å². The molecule has 0 unspecified atom stereocenters. The summed E-state index contributed by atoms with van der Waals surface area (Å²) >= 11 is 0. The molecule has 1 aliphatic heterocycles. The Morgan fingerprint density at radius 3 is 2.04 bits per heavy atom. The molecule has 4 nitrogen and oxygen atoms in total. The molecule has 0 aliphatic carbocycles. The smallest absolute Gasteiger partial charge is 0.253 e. The molecule has 2 amide bonds. The molecule has 3 rings (SSSR count). The number of amides is 2. The van der Waals surface area contributed by atoms with Crippen molar-refractivity contribution in [1.82, 2.24) is 9.80 Å². The summed E-state index contributed by atoms with van der Waals surface area (Å²) in [6, 6.07) is 17.9. The van der Waals surface area contributed by atoms with Crippen molar-refractivity contribution in [2.75, 3.05) is 26.2 Å². The Morgan fingerprint density at radius 1 is 0.852 bits per heavy atom. The number of carbonyl (C=O) groups is 2. The number of nitrogens with zero attached hydrogens (tertiary/aromatic N) is 2. The Bertz CT molecular complexity index is 761. The van der Waals surface area contributed by atoms with Crippen molar-refractivity contribution >= 4 is 11.8 Å². The predicted octanol–water partition coefficient (Wildman–Crippen LogP) is 3.73. The van der Waals surface area contributed by atoms with E-state index < -0.39 is 0 Å². The van der Waals surface area contributed by atoms with Crippen LogP contribution in [0, 0.1) is 0 Å². The van der Waals surface area contributed by atoms with Gasteiger partial charge in [0.25, 0.3) is 5.91 Å². The molecule has 1 saturated heterocycles. The van der Waals surface area contributed by atoms with E-state index in [1.54, 1.807) is 0 Å². The molecule has 2 aromatic rings. The molecule has 0 spiro atoms. The number of hydrogen-bond donors (Lipinski definition) is 0. The molecule has 1 fully saturated rings. The summed E-state index contributed by atoms with van der Waals surface area (Å²) < 4.78 is 0. The first kappa shape index (κ1) is 19.2. The van der Waals surface area contributed by atoms with E-state index in [4.69, 9.17) is 0 Å². The summed E-state index contributed by atoms with van der Waals surface area (Å²) in [4.78, 5) is 28.7. The summed E-state index contributed by atoms with van der Waals surface area (Å²) in [6.07, 6.45) is 1.29. The van der Waals surface area contributed by atoms with Gasteiger partial charge in [-0.2, -0.15) is 0 Å². The van der Waals surface area contributed by atoms with E-state index in [1.807, 2.05) is 40.1 Å². The molecular formula is C23H28N2O2. The molecule has 0 aromatic heterocycles. The zero-order valence-corrected chi connectivity index (χ0v) is 16.2. The van der Waals surface area contributed by atoms with Crippen molar-refractivity contribution in [2.24, 2.45) is 0 Å². The van der Waals surface area contributed by atoms with Gasteiger partial charge < -0.3 is 9.80 Å². The van der Waals surface area contributed by atoms with Crippen molar-refractivity contribution in [3.05, 3.63) is 71.3 Å². The van der Waals surface area contributed by atoms with E-state index in [1.165, 1.54) is 11.1 Å². The molecule has 27 heavy (non-hydrogen) atoms. The van der Waals surface area contributed by atoms with Crippen LogP contribution in [0.2, 0.25) is 0 Å². The van der Waals surface area contributed by atoms with Crippen molar-refractivity contribution in [3.8, 4) is 0 Å². The molecule has 1 heterocycles. The molecule has 0 saturated carbocycles. The molecule has 0 N–H and O–H groups in total. The highest BCUT2D eigenvalue weighted by Gasteiger charge is 2.24. The van der Waals surface area contributed by atoms with Crippen LogP contribution in [0.1, 0.15) is 47.7 Å². The lowest BCUT2D eigenvalue weighted by Crippen LogP contribution is -2.50. The van der Waals surface area contributed by atoms with Crippen LogP contribution in [-0.4, -0.2) is 47.8 Å². The summed E-state index contributed by atoms with van der Waals surface area (Å²) in [7, 11) is 0. The molecule has 1 aliphatic rings. The second-order valence-corrected chi connectivity index (χ2v) is 7.44. The van der Waals surface area contributed by atoms with E-state index in [0.29, 0.717) is 44.1 Å². The van der Waals surface area contributed by atoms with Gasteiger partial charge >= 0.3 is 0 Å². The highest BCUT2D eigenvalue weighted by Crippen LogP contribution is 2.16. The Balaban J connectivity index is 1.46. The minimum absolute atomic E-state index is 0.0490. The third-order valence-corrected chi connectivity index (χ3v) is 5.21. The normalized spacial score (nSPS) is 14.5. The van der Waals surface area contributed by atoms with Gasteiger partial charge in [0.15, 0.2) is 0 Å². The van der Waals surface area contributed by atoms with Gasteiger partial charge in [0.1, 0.15) is 0 Å². The first-order chi connectivity index (χ1) is 13.0. The third-order valence-electron chi connectivity index (χ3n) is 5.21. The fourth-order valence-corrected chi connectivity index (χ4v) is 3.40. The van der Waals surface area contributed by atoms with Crippen molar-refractivity contribution in [2.45, 2.75) is 32.6 Å². The average Bonchev–Trinajstić information content (AvgIpc) is 2.72. The van der Waals surface area contributed by atoms with Gasteiger partial charge in [-0.05, 0) is 35.6 Å². The minimum Gasteiger partial charge on any atom is -0.339 e. The molecule has 0 radical (unpaired) electrons. The molecular weight excluding hydrogens is 336 g/mol. The van der Waals surface area contributed by atoms with Crippen LogP contribution in [0.15, 0.2) is 54.6 Å². The van der Waals surface area contributed by atoms with Crippen LogP contribution in [0.3, 0.4) is 0 Å². The number of aryl methyl sites for hydroxylation is 1. The van der Waals surface area contributed by atoms with Gasteiger partial charge in [-0.1, -0.05) is 56.3 Å². The highest BCUT2D eigenvalue weighted by molar-refractivity contribution is 5.94. The van der Waals surface area contributed by atoms with E-state index in [0.717, 1.165) is 6.42 Å². The maximum atomic E-state index is 12.5. The first-order valence-electron chi connectivity index (χ1n) is 9.75. The summed E-state index contributed by atoms with van der Waals surface area (Å²) in [6.45, 7) is 6.79. The monoisotopic (exact) mass is 364 g/mol. The number of hydrogen-bond acceptors (Lipinski definition) is 2. The van der Waals surface area contributed by atoms with Crippen molar-refractivity contribution in [1.29, 1.82) is 0 Å². The fourth-order valence-electron chi connectivity index (χ4n) is 3.40. The lowest BCUT2D eigenvalue weighted by Gasteiger charge is -2.35. The van der Waals surface area contributed by atoms with Crippen LogP contribution in [0.25, 0.3) is 0 Å². The van der Waals surface area contributed by atoms with E-state index >= 15 is 0 Å². The fraction of sp³-hybridized carbons (Fsp3) is 0.391. The van der Waals surface area contributed by atoms with Crippen molar-refractivity contribution < 1.29 is 9.59 Å². The van der Waals surface area contributed by atoms with Gasteiger partial charge in [0.2, 0.25) is 5.91 Å². The molecule has 0 atom stereocenters. The average molecular weight is 364 g/mol. The Hall–Kier alpha value is -2.62. The largest absolute Gasteiger partial charge is 0.339 e. The maximum absolute atomic E-state index is 12.5. The molecule has 4 heteroatoms. The quantitative estimate of drug-likeness (QED) is 0.811. The number of carbonyl (C=O) groups excluding carboxylic acids is 2. The van der Waals surface area contributed by atoms with Gasteiger partial charge in [-0.25, -0.2) is 0 Å². The predicted molar refractivity (Wildman–Crippen MR) is 108 cm³/mol. The Morgan fingerprint density at radius 2 is 1.44 bits per heavy atom. The van der Waals surface area contributed by atoms with Gasteiger partial charge in [0.05, 0.1) is 0 Å². The van der Waals surface area contributed by atoms with Crippen molar-refractivity contribution in [3.63, 3.8) is 0 Å². The zero-order chi connectivity index (χ0) is 19.2. The summed E-state index contributed by atoms with van der Waals surface area (Å²) in [5, 5.41) is 0. The Kier molecular flexibility index (Phi) is 6.28. The molecule has 142 valence electrons. The van der Waals surface area contributed by atoms with Crippen LogP contribution >= 0.6 is 0 Å². The lowest BCUT2D eigenvalue weighted by atomic mass is 10.00. The van der Waals surface area contributed by atoms with Crippen LogP contribution < -0.4 is 0 Å². The third kappa shape index (κ3) is 4.97. The van der Waals surface area contributed by atoms with Gasteiger partial charge in [-0.3, -0.25) is 9.59 Å². The van der Waals surface area contributed by atoms with E-state index in [-0.39, 0.29) is 11.8 Å². The standard InChI is InChI=1S/C23H28N2O2/c1-18(2)20-11-8-19(9-12-20)10-13-22(26)24-14-16-25(17-15-24)23(27)21-6-4-3-5-7-21/h3-9,11-12,18H,10,13-17H2,1-2H3. The second-order valence-electron chi connectivity index (χ2n) is 7.44. The van der Waals surface area contributed by atoms with E-state index in [9.17, 15) is 9.59 Å². The number of benzene rings is 2. The minimum atomic E-state index is 0.0490. The SMILES string of the molecule is CC(C)c1ccc(CCC(=O)N2CCN(C(=O)c3ccccc3)CC2)cc1. The number of piperazine rings is 1. The summed E-state index contributed by atoms with van der Waals surface area (Å²) in [5.74, 6) is 0.748. The number of rotatable bonds is 5. The Labute approximate surface area is 161 Å². The van der Waals surface area contributed by atoms with Gasteiger partial charge in [0, 0.05) is 38.2 Å². The lowest BCUT2D eigenvalue weighted by molar-refractivity contribution is -0.132. The van der Waals surface area contributed by atoms with Crippen LogP contribution in [-0.2, 0) is 11.2 Å².